The second-order valence-electron chi connectivity index (χ2n) is 2.82. The standard InChI is InChI=1S/C10H11FN2O/c1-14-9-4-2-3-7(11)10(9)8(13)5-6-12/h2-4,8H,5,13H2,1H3. The van der Waals surface area contributed by atoms with Gasteiger partial charge in [0.05, 0.1) is 19.6 Å². The van der Waals surface area contributed by atoms with Crippen molar-refractivity contribution in [1.82, 2.24) is 0 Å². The number of hydrogen-bond acceptors (Lipinski definition) is 3. The van der Waals surface area contributed by atoms with Crippen molar-refractivity contribution < 1.29 is 9.13 Å². The van der Waals surface area contributed by atoms with Gasteiger partial charge in [-0.1, -0.05) is 6.07 Å². The molecule has 1 unspecified atom stereocenters. The van der Waals surface area contributed by atoms with E-state index in [1.54, 1.807) is 6.07 Å². The van der Waals surface area contributed by atoms with Gasteiger partial charge in [0, 0.05) is 11.6 Å². The molecule has 0 aliphatic carbocycles. The molecule has 1 atom stereocenters. The molecule has 1 aromatic rings. The van der Waals surface area contributed by atoms with Crippen molar-refractivity contribution in [1.29, 1.82) is 5.26 Å². The van der Waals surface area contributed by atoms with Crippen molar-refractivity contribution in [2.75, 3.05) is 7.11 Å². The molecule has 1 aromatic carbocycles. The Balaban J connectivity index is 3.11. The van der Waals surface area contributed by atoms with Crippen LogP contribution in [0.5, 0.6) is 5.75 Å². The van der Waals surface area contributed by atoms with E-state index < -0.39 is 11.9 Å². The molecule has 2 N–H and O–H groups in total. The summed E-state index contributed by atoms with van der Waals surface area (Å²) in [6, 6.07) is 5.71. The maximum atomic E-state index is 13.3. The topological polar surface area (TPSA) is 59.0 Å². The molecule has 0 saturated carbocycles. The molecule has 0 aromatic heterocycles. The van der Waals surface area contributed by atoms with Crippen molar-refractivity contribution in [2.45, 2.75) is 12.5 Å². The molecule has 0 aliphatic heterocycles. The third-order valence-electron chi connectivity index (χ3n) is 1.91. The van der Waals surface area contributed by atoms with Crippen molar-refractivity contribution in [3.63, 3.8) is 0 Å². The van der Waals surface area contributed by atoms with E-state index in [0.717, 1.165) is 0 Å². The first-order valence-corrected chi connectivity index (χ1v) is 4.15. The minimum atomic E-state index is -0.642. The van der Waals surface area contributed by atoms with Crippen molar-refractivity contribution in [3.05, 3.63) is 29.6 Å². The maximum Gasteiger partial charge on any atom is 0.131 e. The van der Waals surface area contributed by atoms with Crippen LogP contribution in [-0.4, -0.2) is 7.11 Å². The Kier molecular flexibility index (Phi) is 3.43. The quantitative estimate of drug-likeness (QED) is 0.797. The number of hydrogen-bond donors (Lipinski definition) is 1. The van der Waals surface area contributed by atoms with E-state index in [2.05, 4.69) is 0 Å². The Morgan fingerprint density at radius 1 is 1.64 bits per heavy atom. The summed E-state index contributed by atoms with van der Waals surface area (Å²) in [5, 5.41) is 8.46. The lowest BCUT2D eigenvalue weighted by Crippen LogP contribution is -2.12. The lowest BCUT2D eigenvalue weighted by Gasteiger charge is -2.13. The first-order valence-electron chi connectivity index (χ1n) is 4.15. The molecule has 0 spiro atoms. The number of ether oxygens (including phenoxy) is 1. The fraction of sp³-hybridized carbons (Fsp3) is 0.300. The lowest BCUT2D eigenvalue weighted by molar-refractivity contribution is 0.399. The van der Waals surface area contributed by atoms with Gasteiger partial charge in [0.15, 0.2) is 0 Å². The summed E-state index contributed by atoms with van der Waals surface area (Å²) in [6.07, 6.45) is 0.0668. The Morgan fingerprint density at radius 2 is 2.36 bits per heavy atom. The normalized spacial score (nSPS) is 11.9. The Hall–Kier alpha value is -1.60. The second kappa shape index (κ2) is 4.58. The van der Waals surface area contributed by atoms with Crippen molar-refractivity contribution in [3.8, 4) is 11.8 Å². The monoisotopic (exact) mass is 194 g/mol. The van der Waals surface area contributed by atoms with Crippen LogP contribution in [0.15, 0.2) is 18.2 Å². The molecule has 0 radical (unpaired) electrons. The van der Waals surface area contributed by atoms with Gasteiger partial charge in [0.25, 0.3) is 0 Å². The van der Waals surface area contributed by atoms with E-state index in [1.807, 2.05) is 6.07 Å². The molecule has 3 nitrogen and oxygen atoms in total. The third kappa shape index (κ3) is 2.01. The van der Waals surface area contributed by atoms with Crippen molar-refractivity contribution in [2.24, 2.45) is 5.73 Å². The van der Waals surface area contributed by atoms with Gasteiger partial charge in [-0.2, -0.15) is 5.26 Å². The molecule has 1 rings (SSSR count). The summed E-state index contributed by atoms with van der Waals surface area (Å²) in [6.45, 7) is 0. The van der Waals surface area contributed by atoms with E-state index in [1.165, 1.54) is 19.2 Å². The zero-order valence-electron chi connectivity index (χ0n) is 7.83. The summed E-state index contributed by atoms with van der Waals surface area (Å²) >= 11 is 0. The van der Waals surface area contributed by atoms with Crippen LogP contribution in [-0.2, 0) is 0 Å². The fourth-order valence-corrected chi connectivity index (χ4v) is 1.26. The van der Waals surface area contributed by atoms with E-state index in [4.69, 9.17) is 15.7 Å². The molecule has 4 heteroatoms. The number of nitriles is 1. The summed E-state index contributed by atoms with van der Waals surface area (Å²) < 4.78 is 18.3. The van der Waals surface area contributed by atoms with Gasteiger partial charge in [-0.15, -0.1) is 0 Å². The highest BCUT2D eigenvalue weighted by molar-refractivity contribution is 5.37. The van der Waals surface area contributed by atoms with Gasteiger partial charge in [0.1, 0.15) is 11.6 Å². The first-order chi connectivity index (χ1) is 6.70. The average molecular weight is 194 g/mol. The van der Waals surface area contributed by atoms with E-state index in [0.29, 0.717) is 5.75 Å². The van der Waals surface area contributed by atoms with Crippen LogP contribution in [0.25, 0.3) is 0 Å². The van der Waals surface area contributed by atoms with Crippen LogP contribution >= 0.6 is 0 Å². The number of halogens is 1. The maximum absolute atomic E-state index is 13.3. The number of nitrogens with zero attached hydrogens (tertiary/aromatic N) is 1. The molecule has 0 amide bonds. The van der Waals surface area contributed by atoms with Crippen LogP contribution in [0.3, 0.4) is 0 Å². The second-order valence-corrected chi connectivity index (χ2v) is 2.82. The van der Waals surface area contributed by atoms with E-state index >= 15 is 0 Å². The SMILES string of the molecule is COc1cccc(F)c1C(N)CC#N. The minimum Gasteiger partial charge on any atom is -0.496 e. The molecule has 74 valence electrons. The van der Waals surface area contributed by atoms with Gasteiger partial charge >= 0.3 is 0 Å². The molecule has 14 heavy (non-hydrogen) atoms. The first kappa shape index (κ1) is 10.5. The molecule has 0 heterocycles. The number of rotatable bonds is 3. The number of benzene rings is 1. The van der Waals surface area contributed by atoms with Crippen LogP contribution in [0.4, 0.5) is 4.39 Å². The molecule has 0 saturated heterocycles. The Morgan fingerprint density at radius 3 is 2.93 bits per heavy atom. The Labute approximate surface area is 81.9 Å². The fourth-order valence-electron chi connectivity index (χ4n) is 1.26. The zero-order valence-corrected chi connectivity index (χ0v) is 7.83. The molecular weight excluding hydrogens is 183 g/mol. The minimum absolute atomic E-state index is 0.0668. The van der Waals surface area contributed by atoms with Crippen molar-refractivity contribution >= 4 is 0 Å². The zero-order chi connectivity index (χ0) is 10.6. The summed E-state index contributed by atoms with van der Waals surface area (Å²) in [5.74, 6) is -0.0557. The van der Waals surface area contributed by atoms with Gasteiger partial charge in [-0.25, -0.2) is 4.39 Å². The summed E-state index contributed by atoms with van der Waals surface area (Å²) in [7, 11) is 1.44. The van der Waals surface area contributed by atoms with Crippen LogP contribution < -0.4 is 10.5 Å². The van der Waals surface area contributed by atoms with E-state index in [9.17, 15) is 4.39 Å². The molecule has 0 aliphatic rings. The van der Waals surface area contributed by atoms with Gasteiger partial charge < -0.3 is 10.5 Å². The number of methoxy groups -OCH3 is 1. The van der Waals surface area contributed by atoms with Gasteiger partial charge in [-0.3, -0.25) is 0 Å². The number of nitrogens with two attached hydrogens (primary N) is 1. The third-order valence-corrected chi connectivity index (χ3v) is 1.91. The predicted octanol–water partition coefficient (Wildman–Crippen LogP) is 1.75. The Bertz CT molecular complexity index is 360. The van der Waals surface area contributed by atoms with Crippen LogP contribution in [0.1, 0.15) is 18.0 Å². The van der Waals surface area contributed by atoms with Crippen LogP contribution in [0.2, 0.25) is 0 Å². The average Bonchev–Trinajstić information content (AvgIpc) is 2.17. The van der Waals surface area contributed by atoms with Gasteiger partial charge in [-0.05, 0) is 12.1 Å². The summed E-state index contributed by atoms with van der Waals surface area (Å²) in [4.78, 5) is 0. The largest absolute Gasteiger partial charge is 0.496 e. The molecular formula is C10H11FN2O. The highest BCUT2D eigenvalue weighted by atomic mass is 19.1. The highest BCUT2D eigenvalue weighted by Crippen LogP contribution is 2.27. The molecule has 0 fully saturated rings. The summed E-state index contributed by atoms with van der Waals surface area (Å²) in [5.41, 5.74) is 5.90. The highest BCUT2D eigenvalue weighted by Gasteiger charge is 2.16. The molecule has 0 bridgehead atoms. The predicted molar refractivity (Wildman–Crippen MR) is 50.1 cm³/mol. The lowest BCUT2D eigenvalue weighted by atomic mass is 10.0. The van der Waals surface area contributed by atoms with Gasteiger partial charge in [0.2, 0.25) is 0 Å². The van der Waals surface area contributed by atoms with E-state index in [-0.39, 0.29) is 12.0 Å². The smallest absolute Gasteiger partial charge is 0.131 e. The van der Waals surface area contributed by atoms with Crippen LogP contribution in [0, 0.1) is 17.1 Å².